The van der Waals surface area contributed by atoms with E-state index >= 15 is 0 Å². The number of piperidine rings is 1. The van der Waals surface area contributed by atoms with E-state index in [1.54, 1.807) is 5.56 Å². The maximum atomic E-state index is 6.01. The Morgan fingerprint density at radius 3 is 3.11 bits per heavy atom. The van der Waals surface area contributed by atoms with Gasteiger partial charge in [0, 0.05) is 35.5 Å². The van der Waals surface area contributed by atoms with Gasteiger partial charge in [-0.1, -0.05) is 18.2 Å². The van der Waals surface area contributed by atoms with E-state index in [9.17, 15) is 0 Å². The van der Waals surface area contributed by atoms with Gasteiger partial charge in [-0.3, -0.25) is 0 Å². The first-order valence-corrected chi connectivity index (χ1v) is 8.39. The van der Waals surface area contributed by atoms with Crippen molar-refractivity contribution in [1.29, 1.82) is 0 Å². The summed E-state index contributed by atoms with van der Waals surface area (Å²) in [6.07, 6.45) is 2.63. The molecule has 98 valence electrons. The summed E-state index contributed by atoms with van der Waals surface area (Å²) in [6.45, 7) is 3.68. The third kappa shape index (κ3) is 2.71. The van der Waals surface area contributed by atoms with Crippen LogP contribution in [0.4, 0.5) is 0 Å². The predicted molar refractivity (Wildman–Crippen MR) is 79.8 cm³/mol. The molecule has 1 saturated heterocycles. The van der Waals surface area contributed by atoms with E-state index in [4.69, 9.17) is 11.6 Å². The molecular weight excluding hydrogens is 262 g/mol. The maximum absolute atomic E-state index is 6.01. The number of halogens is 1. The molecular formula is C15H20ClNS. The van der Waals surface area contributed by atoms with E-state index in [0.29, 0.717) is 5.92 Å². The van der Waals surface area contributed by atoms with Crippen LogP contribution < -0.4 is 0 Å². The lowest BCUT2D eigenvalue weighted by atomic mass is 9.96. The molecule has 2 unspecified atom stereocenters. The zero-order chi connectivity index (χ0) is 12.4. The Kier molecular flexibility index (Phi) is 4.17. The van der Waals surface area contributed by atoms with Crippen LogP contribution in [0, 0.1) is 5.92 Å². The van der Waals surface area contributed by atoms with Crippen LogP contribution in [0.15, 0.2) is 29.2 Å². The van der Waals surface area contributed by atoms with Crippen molar-refractivity contribution >= 4 is 23.4 Å². The Labute approximate surface area is 119 Å². The van der Waals surface area contributed by atoms with Crippen molar-refractivity contribution in [1.82, 2.24) is 4.90 Å². The van der Waals surface area contributed by atoms with E-state index in [-0.39, 0.29) is 0 Å². The maximum Gasteiger partial charge on any atom is 0.0263 e. The molecule has 2 aliphatic rings. The fraction of sp³-hybridized carbons (Fsp3) is 0.600. The van der Waals surface area contributed by atoms with Gasteiger partial charge in [0.15, 0.2) is 0 Å². The molecule has 1 nitrogen and oxygen atoms in total. The third-order valence-corrected chi connectivity index (χ3v) is 5.79. The molecule has 2 atom stereocenters. The van der Waals surface area contributed by atoms with Crippen molar-refractivity contribution < 1.29 is 0 Å². The molecule has 0 amide bonds. The lowest BCUT2D eigenvalue weighted by molar-refractivity contribution is 0.179. The molecule has 2 heterocycles. The molecule has 0 N–H and O–H groups in total. The van der Waals surface area contributed by atoms with E-state index in [1.165, 1.54) is 43.1 Å². The van der Waals surface area contributed by atoms with Crippen LogP contribution in [0.1, 0.15) is 24.3 Å². The molecule has 0 radical (unpaired) electrons. The SMILES string of the molecule is ClCC1CCCN(CC2CSc3ccccc32)C1. The second-order valence-corrected chi connectivity index (χ2v) is 6.84. The molecule has 3 rings (SSSR count). The molecule has 1 aromatic carbocycles. The van der Waals surface area contributed by atoms with Gasteiger partial charge in [-0.15, -0.1) is 23.4 Å². The molecule has 0 aromatic heterocycles. The van der Waals surface area contributed by atoms with Crippen LogP contribution in [-0.2, 0) is 0 Å². The van der Waals surface area contributed by atoms with Gasteiger partial charge in [-0.2, -0.15) is 0 Å². The Hall–Kier alpha value is -0.180. The van der Waals surface area contributed by atoms with Gasteiger partial charge in [-0.05, 0) is 36.9 Å². The van der Waals surface area contributed by atoms with E-state index in [1.807, 2.05) is 11.8 Å². The summed E-state index contributed by atoms with van der Waals surface area (Å²) in [7, 11) is 0. The van der Waals surface area contributed by atoms with Crippen molar-refractivity contribution in [3.8, 4) is 0 Å². The van der Waals surface area contributed by atoms with Crippen LogP contribution in [0.2, 0.25) is 0 Å². The number of rotatable bonds is 3. The van der Waals surface area contributed by atoms with E-state index < -0.39 is 0 Å². The van der Waals surface area contributed by atoms with Gasteiger partial charge in [0.2, 0.25) is 0 Å². The number of fused-ring (bicyclic) bond motifs is 1. The van der Waals surface area contributed by atoms with Gasteiger partial charge in [-0.25, -0.2) is 0 Å². The first-order chi connectivity index (χ1) is 8.86. The highest BCUT2D eigenvalue weighted by Crippen LogP contribution is 2.39. The minimum Gasteiger partial charge on any atom is -0.302 e. The number of nitrogens with zero attached hydrogens (tertiary/aromatic N) is 1. The van der Waals surface area contributed by atoms with Crippen LogP contribution >= 0.6 is 23.4 Å². The predicted octanol–water partition coefficient (Wildman–Crippen LogP) is 3.83. The highest BCUT2D eigenvalue weighted by atomic mass is 35.5. The molecule has 1 aromatic rings. The normalized spacial score (nSPS) is 28.3. The Morgan fingerprint density at radius 2 is 2.22 bits per heavy atom. The van der Waals surface area contributed by atoms with Crippen LogP contribution in [0.25, 0.3) is 0 Å². The number of likely N-dealkylation sites (tertiary alicyclic amines) is 1. The minimum atomic E-state index is 0.713. The largest absolute Gasteiger partial charge is 0.302 e. The fourth-order valence-electron chi connectivity index (χ4n) is 3.14. The van der Waals surface area contributed by atoms with Gasteiger partial charge < -0.3 is 4.90 Å². The molecule has 0 bridgehead atoms. The van der Waals surface area contributed by atoms with Crippen molar-refractivity contribution in [3.63, 3.8) is 0 Å². The molecule has 1 fully saturated rings. The minimum absolute atomic E-state index is 0.713. The van der Waals surface area contributed by atoms with Gasteiger partial charge >= 0.3 is 0 Å². The lowest BCUT2D eigenvalue weighted by Gasteiger charge is -2.33. The zero-order valence-corrected chi connectivity index (χ0v) is 12.2. The number of benzene rings is 1. The molecule has 18 heavy (non-hydrogen) atoms. The van der Waals surface area contributed by atoms with E-state index in [2.05, 4.69) is 29.2 Å². The van der Waals surface area contributed by atoms with Crippen molar-refractivity contribution in [2.45, 2.75) is 23.7 Å². The molecule has 0 spiro atoms. The summed E-state index contributed by atoms with van der Waals surface area (Å²) in [4.78, 5) is 4.12. The highest BCUT2D eigenvalue weighted by molar-refractivity contribution is 7.99. The highest BCUT2D eigenvalue weighted by Gasteiger charge is 2.27. The van der Waals surface area contributed by atoms with E-state index in [0.717, 1.165) is 11.8 Å². The average Bonchev–Trinajstić information content (AvgIpc) is 2.83. The molecule has 0 saturated carbocycles. The van der Waals surface area contributed by atoms with Gasteiger partial charge in [0.25, 0.3) is 0 Å². The number of alkyl halides is 1. The van der Waals surface area contributed by atoms with Crippen LogP contribution in [-0.4, -0.2) is 36.2 Å². The Morgan fingerprint density at radius 1 is 1.33 bits per heavy atom. The number of hydrogen-bond acceptors (Lipinski definition) is 2. The summed E-state index contributed by atoms with van der Waals surface area (Å²) in [5, 5.41) is 0. The van der Waals surface area contributed by atoms with Gasteiger partial charge in [0.1, 0.15) is 0 Å². The zero-order valence-electron chi connectivity index (χ0n) is 10.6. The first-order valence-electron chi connectivity index (χ1n) is 6.87. The summed E-state index contributed by atoms with van der Waals surface area (Å²) >= 11 is 8.03. The number of thioether (sulfide) groups is 1. The first kappa shape index (κ1) is 12.8. The Bertz CT molecular complexity index is 409. The Balaban J connectivity index is 1.64. The van der Waals surface area contributed by atoms with Crippen LogP contribution in [0.5, 0.6) is 0 Å². The average molecular weight is 282 g/mol. The van der Waals surface area contributed by atoms with Crippen molar-refractivity contribution in [2.24, 2.45) is 5.92 Å². The lowest BCUT2D eigenvalue weighted by Crippen LogP contribution is -2.38. The monoisotopic (exact) mass is 281 g/mol. The molecule has 3 heteroatoms. The standard InChI is InChI=1S/C15H20ClNS/c16-8-12-4-3-7-17(9-12)10-13-11-18-15-6-2-1-5-14(13)15/h1-2,5-6,12-13H,3-4,7-11H2. The quantitative estimate of drug-likeness (QED) is 0.775. The topological polar surface area (TPSA) is 3.24 Å². The molecule has 2 aliphatic heterocycles. The second kappa shape index (κ2) is 5.85. The van der Waals surface area contributed by atoms with Crippen molar-refractivity contribution in [2.75, 3.05) is 31.3 Å². The summed E-state index contributed by atoms with van der Waals surface area (Å²) in [5.74, 6) is 3.51. The van der Waals surface area contributed by atoms with Crippen molar-refractivity contribution in [3.05, 3.63) is 29.8 Å². The fourth-order valence-corrected chi connectivity index (χ4v) is 4.63. The number of hydrogen-bond donors (Lipinski definition) is 0. The summed E-state index contributed by atoms with van der Waals surface area (Å²) in [6, 6.07) is 8.90. The van der Waals surface area contributed by atoms with Gasteiger partial charge in [0.05, 0.1) is 0 Å². The summed E-state index contributed by atoms with van der Waals surface area (Å²) in [5.41, 5.74) is 1.57. The smallest absolute Gasteiger partial charge is 0.0263 e. The third-order valence-electron chi connectivity index (χ3n) is 4.10. The second-order valence-electron chi connectivity index (χ2n) is 5.47. The van der Waals surface area contributed by atoms with Crippen LogP contribution in [0.3, 0.4) is 0 Å². The molecule has 0 aliphatic carbocycles. The summed E-state index contributed by atoms with van der Waals surface area (Å²) < 4.78 is 0.